The van der Waals surface area contributed by atoms with Gasteiger partial charge in [-0.15, -0.1) is 0 Å². The van der Waals surface area contributed by atoms with Crippen molar-refractivity contribution in [3.05, 3.63) is 72.3 Å². The van der Waals surface area contributed by atoms with Crippen molar-refractivity contribution in [2.24, 2.45) is 0 Å². The smallest absolute Gasteiger partial charge is 0.262 e. The highest BCUT2D eigenvalue weighted by Gasteiger charge is 2.19. The van der Waals surface area contributed by atoms with Gasteiger partial charge in [0.25, 0.3) is 10.0 Å². The minimum absolute atomic E-state index is 0.0831. The molecule has 10 nitrogen and oxygen atoms in total. The average Bonchev–Trinajstić information content (AvgIpc) is 3.03. The summed E-state index contributed by atoms with van der Waals surface area (Å²) in [4.78, 5) is 8.49. The predicted molar refractivity (Wildman–Crippen MR) is 128 cm³/mol. The highest BCUT2D eigenvalue weighted by atomic mass is 32.2. The molecule has 1 aliphatic heterocycles. The summed E-state index contributed by atoms with van der Waals surface area (Å²) in [6.45, 7) is 4.85. The lowest BCUT2D eigenvalue weighted by atomic mass is 10.3. The van der Waals surface area contributed by atoms with E-state index < -0.39 is 10.0 Å². The van der Waals surface area contributed by atoms with Crippen molar-refractivity contribution < 1.29 is 22.6 Å². The van der Waals surface area contributed by atoms with Gasteiger partial charge in [0, 0.05) is 29.9 Å². The van der Waals surface area contributed by atoms with Crippen LogP contribution < -0.4 is 18.9 Å². The first-order valence-corrected chi connectivity index (χ1v) is 12.4. The van der Waals surface area contributed by atoms with E-state index in [2.05, 4.69) is 19.8 Å². The first kappa shape index (κ1) is 22.7. The fourth-order valence-electron chi connectivity index (χ4n) is 3.60. The Bertz CT molecular complexity index is 1470. The van der Waals surface area contributed by atoms with Gasteiger partial charge in [-0.3, -0.25) is 4.72 Å². The van der Waals surface area contributed by atoms with E-state index in [0.717, 1.165) is 17.8 Å². The van der Waals surface area contributed by atoms with Crippen LogP contribution in [0.1, 0.15) is 17.8 Å². The van der Waals surface area contributed by atoms with Crippen LogP contribution in [-0.4, -0.2) is 41.4 Å². The Morgan fingerprint density at radius 3 is 2.46 bits per heavy atom. The molecule has 4 aromatic rings. The molecule has 0 amide bonds. The minimum Gasteiger partial charge on any atom is -0.490 e. The number of benzene rings is 2. The molecule has 0 fully saturated rings. The number of hydrogen-bond acceptors (Lipinski definition) is 8. The van der Waals surface area contributed by atoms with E-state index in [-0.39, 0.29) is 4.90 Å². The Kier molecular flexibility index (Phi) is 6.00. The third-order valence-corrected chi connectivity index (χ3v) is 6.59. The van der Waals surface area contributed by atoms with Crippen molar-refractivity contribution in [3.63, 3.8) is 0 Å². The first-order chi connectivity index (χ1) is 16.9. The van der Waals surface area contributed by atoms with Crippen molar-refractivity contribution >= 4 is 15.7 Å². The molecule has 0 saturated carbocycles. The van der Waals surface area contributed by atoms with Crippen LogP contribution in [-0.2, 0) is 10.0 Å². The van der Waals surface area contributed by atoms with Crippen LogP contribution in [0.3, 0.4) is 0 Å². The molecule has 2 aromatic heterocycles. The summed E-state index contributed by atoms with van der Waals surface area (Å²) in [6, 6.07) is 14.7. The van der Waals surface area contributed by atoms with Gasteiger partial charge in [0.1, 0.15) is 12.1 Å². The van der Waals surface area contributed by atoms with Gasteiger partial charge in [-0.1, -0.05) is 0 Å². The number of sulfonamides is 1. The number of nitrogens with one attached hydrogen (secondary N) is 1. The van der Waals surface area contributed by atoms with E-state index in [1.807, 2.05) is 19.9 Å². The maximum Gasteiger partial charge on any atom is 0.262 e. The first-order valence-electron chi connectivity index (χ1n) is 10.9. The van der Waals surface area contributed by atoms with E-state index in [4.69, 9.17) is 14.2 Å². The molecule has 11 heteroatoms. The van der Waals surface area contributed by atoms with Crippen LogP contribution in [0.4, 0.5) is 5.69 Å². The summed E-state index contributed by atoms with van der Waals surface area (Å²) >= 11 is 0. The molecule has 35 heavy (non-hydrogen) atoms. The SMILES string of the molecule is Cc1cc(C)n(-c2cc(Oc3ccc(NS(=O)(=O)c4ccc5c(c4)OCCCO5)cc3)ncn2)n1. The van der Waals surface area contributed by atoms with Crippen LogP contribution in [0.25, 0.3) is 5.82 Å². The second kappa shape index (κ2) is 9.26. The van der Waals surface area contributed by atoms with E-state index in [9.17, 15) is 8.42 Å². The molecule has 1 N–H and O–H groups in total. The van der Waals surface area contributed by atoms with Gasteiger partial charge >= 0.3 is 0 Å². The number of anilines is 1. The quantitative estimate of drug-likeness (QED) is 0.428. The number of nitrogens with zero attached hydrogens (tertiary/aromatic N) is 4. The van der Waals surface area contributed by atoms with Crippen LogP contribution in [0.5, 0.6) is 23.1 Å². The van der Waals surface area contributed by atoms with E-state index in [1.165, 1.54) is 18.5 Å². The molecule has 0 atom stereocenters. The van der Waals surface area contributed by atoms with Crippen molar-refractivity contribution in [1.82, 2.24) is 19.7 Å². The van der Waals surface area contributed by atoms with E-state index in [1.54, 1.807) is 41.1 Å². The monoisotopic (exact) mass is 493 g/mol. The van der Waals surface area contributed by atoms with Gasteiger partial charge < -0.3 is 14.2 Å². The Labute approximate surface area is 202 Å². The van der Waals surface area contributed by atoms with Crippen LogP contribution >= 0.6 is 0 Å². The average molecular weight is 494 g/mol. The predicted octanol–water partition coefficient (Wildman–Crippen LogP) is 4.03. The Morgan fingerprint density at radius 1 is 0.943 bits per heavy atom. The lowest BCUT2D eigenvalue weighted by Gasteiger charge is -2.12. The summed E-state index contributed by atoms with van der Waals surface area (Å²) in [5.74, 6) is 2.36. The minimum atomic E-state index is -3.83. The van der Waals surface area contributed by atoms with Crippen LogP contribution in [0, 0.1) is 13.8 Å². The van der Waals surface area contributed by atoms with Crippen molar-refractivity contribution in [2.45, 2.75) is 25.2 Å². The normalized spacial score (nSPS) is 13.2. The largest absolute Gasteiger partial charge is 0.490 e. The van der Waals surface area contributed by atoms with Crippen LogP contribution in [0.15, 0.2) is 65.8 Å². The molecule has 0 aliphatic carbocycles. The summed E-state index contributed by atoms with van der Waals surface area (Å²) in [5.41, 5.74) is 2.21. The van der Waals surface area contributed by atoms with E-state index >= 15 is 0 Å². The lowest BCUT2D eigenvalue weighted by Crippen LogP contribution is -2.13. The number of aryl methyl sites for hydroxylation is 2. The number of fused-ring (bicyclic) bond motifs is 1. The maximum absolute atomic E-state index is 12.9. The third-order valence-electron chi connectivity index (χ3n) is 5.21. The molecule has 2 aromatic carbocycles. The molecule has 1 aliphatic rings. The van der Waals surface area contributed by atoms with Gasteiger partial charge in [0.15, 0.2) is 17.3 Å². The van der Waals surface area contributed by atoms with Gasteiger partial charge in [-0.2, -0.15) is 5.10 Å². The molecule has 0 unspecified atom stereocenters. The molecule has 5 rings (SSSR count). The summed E-state index contributed by atoms with van der Waals surface area (Å²) in [6.07, 6.45) is 2.14. The van der Waals surface area contributed by atoms with Crippen molar-refractivity contribution in [1.29, 1.82) is 0 Å². The maximum atomic E-state index is 12.9. The summed E-state index contributed by atoms with van der Waals surface area (Å²) < 4.78 is 47.1. The Morgan fingerprint density at radius 2 is 1.71 bits per heavy atom. The Hall–Kier alpha value is -4.12. The number of aromatic nitrogens is 4. The molecule has 3 heterocycles. The van der Waals surface area contributed by atoms with Gasteiger partial charge in [-0.05, 0) is 56.3 Å². The van der Waals surface area contributed by atoms with Crippen molar-refractivity contribution in [3.8, 4) is 28.9 Å². The highest BCUT2D eigenvalue weighted by Crippen LogP contribution is 2.32. The Balaban J connectivity index is 1.29. The standard InChI is InChI=1S/C24H23N5O5S/c1-16-12-17(2)29(27-16)23-14-24(26-15-25-23)34-19-6-4-18(5-7-19)28-35(30,31)20-8-9-21-22(13-20)33-11-3-10-32-21/h4-9,12-15,28H,3,10-11H2,1-2H3. The van der Waals surface area contributed by atoms with Gasteiger partial charge in [0.05, 0.1) is 23.8 Å². The summed E-state index contributed by atoms with van der Waals surface area (Å²) in [7, 11) is -3.83. The zero-order valence-electron chi connectivity index (χ0n) is 19.1. The van der Waals surface area contributed by atoms with E-state index in [0.29, 0.717) is 47.8 Å². The third kappa shape index (κ3) is 5.04. The molecule has 180 valence electrons. The highest BCUT2D eigenvalue weighted by molar-refractivity contribution is 7.92. The molecular formula is C24H23N5O5S. The number of ether oxygens (including phenoxy) is 3. The molecule has 0 radical (unpaired) electrons. The topological polar surface area (TPSA) is 117 Å². The van der Waals surface area contributed by atoms with Crippen molar-refractivity contribution in [2.75, 3.05) is 17.9 Å². The lowest BCUT2D eigenvalue weighted by molar-refractivity contribution is 0.297. The second-order valence-electron chi connectivity index (χ2n) is 7.94. The number of rotatable bonds is 6. The molecule has 0 bridgehead atoms. The van der Waals surface area contributed by atoms with Crippen LogP contribution in [0.2, 0.25) is 0 Å². The second-order valence-corrected chi connectivity index (χ2v) is 9.63. The molecule has 0 saturated heterocycles. The zero-order valence-corrected chi connectivity index (χ0v) is 19.9. The summed E-state index contributed by atoms with van der Waals surface area (Å²) in [5, 5.41) is 4.42. The molecule has 0 spiro atoms. The van der Waals surface area contributed by atoms with Gasteiger partial charge in [-0.25, -0.2) is 23.1 Å². The molecular weight excluding hydrogens is 470 g/mol. The number of hydrogen-bond donors (Lipinski definition) is 1. The fraction of sp³-hybridized carbons (Fsp3) is 0.208. The van der Waals surface area contributed by atoms with Gasteiger partial charge in [0.2, 0.25) is 5.88 Å². The fourth-order valence-corrected chi connectivity index (χ4v) is 4.67. The zero-order chi connectivity index (χ0) is 24.4.